The monoisotopic (exact) mass is 1090 g/mol. The molecule has 0 aliphatic rings. The van der Waals surface area contributed by atoms with Crippen LogP contribution in [0.1, 0.15) is 278 Å². The van der Waals surface area contributed by atoms with E-state index in [0.29, 0.717) is 19.3 Å². The number of carbonyl (C=O) groups is 3. The molecule has 0 saturated carbocycles. The Morgan fingerprint density at radius 1 is 0.266 bits per heavy atom. The van der Waals surface area contributed by atoms with Gasteiger partial charge in [0.15, 0.2) is 6.10 Å². The van der Waals surface area contributed by atoms with Crippen molar-refractivity contribution < 1.29 is 28.6 Å². The molecule has 0 N–H and O–H groups in total. The van der Waals surface area contributed by atoms with Crippen LogP contribution in [0.15, 0.2) is 146 Å². The quantitative estimate of drug-likeness (QED) is 0.0261. The summed E-state index contributed by atoms with van der Waals surface area (Å²) in [5.41, 5.74) is 0. The van der Waals surface area contributed by atoms with Crippen molar-refractivity contribution in [3.05, 3.63) is 146 Å². The second-order valence-corrected chi connectivity index (χ2v) is 20.9. The fraction of sp³-hybridized carbons (Fsp3) is 0.630. The molecule has 0 heterocycles. The maximum absolute atomic E-state index is 12.9. The molecule has 0 spiro atoms. The van der Waals surface area contributed by atoms with E-state index < -0.39 is 6.10 Å². The van der Waals surface area contributed by atoms with Gasteiger partial charge in [0.05, 0.1) is 0 Å². The molecule has 0 bridgehead atoms. The van der Waals surface area contributed by atoms with Crippen LogP contribution in [-0.2, 0) is 28.6 Å². The summed E-state index contributed by atoms with van der Waals surface area (Å²) in [6, 6.07) is 0. The molecular formula is C73H118O6. The zero-order valence-electron chi connectivity index (χ0n) is 51.1. The maximum Gasteiger partial charge on any atom is 0.306 e. The van der Waals surface area contributed by atoms with Gasteiger partial charge in [-0.3, -0.25) is 14.4 Å². The first-order valence-corrected chi connectivity index (χ1v) is 32.3. The van der Waals surface area contributed by atoms with Crippen LogP contribution < -0.4 is 0 Å². The summed E-state index contributed by atoms with van der Waals surface area (Å²) in [5.74, 6) is -0.994. The van der Waals surface area contributed by atoms with E-state index >= 15 is 0 Å². The van der Waals surface area contributed by atoms with Crippen LogP contribution in [-0.4, -0.2) is 37.2 Å². The van der Waals surface area contributed by atoms with Gasteiger partial charge in [0.2, 0.25) is 0 Å². The normalized spacial score (nSPS) is 13.1. The second kappa shape index (κ2) is 65.8. The summed E-state index contributed by atoms with van der Waals surface area (Å²) in [7, 11) is 0. The molecule has 6 nitrogen and oxygen atoms in total. The van der Waals surface area contributed by atoms with Gasteiger partial charge in [-0.2, -0.15) is 0 Å². The highest BCUT2D eigenvalue weighted by Gasteiger charge is 2.19. The minimum absolute atomic E-state index is 0.110. The van der Waals surface area contributed by atoms with Gasteiger partial charge in [0.25, 0.3) is 0 Å². The van der Waals surface area contributed by atoms with E-state index in [-0.39, 0.29) is 37.5 Å². The van der Waals surface area contributed by atoms with Crippen LogP contribution in [0.25, 0.3) is 0 Å². The SMILES string of the molecule is CC/C=C\C/C=C\C/C=C\C/C=C\C/C=C\C/C=C\C/C=C\C/C=C\C/C=C\CCCC(=O)OCC(COC(=O)CCCCCCC/C=C\CCCCCCCCC)OC(=O)CCCCCCC/C=C\C/C=C\CCCCCC. The van der Waals surface area contributed by atoms with Crippen molar-refractivity contribution in [1.82, 2.24) is 0 Å². The van der Waals surface area contributed by atoms with Crippen LogP contribution in [0.2, 0.25) is 0 Å². The van der Waals surface area contributed by atoms with Crippen LogP contribution >= 0.6 is 0 Å². The van der Waals surface area contributed by atoms with Gasteiger partial charge in [-0.1, -0.05) is 263 Å². The van der Waals surface area contributed by atoms with Crippen molar-refractivity contribution >= 4 is 17.9 Å². The van der Waals surface area contributed by atoms with Gasteiger partial charge < -0.3 is 14.2 Å². The summed E-state index contributed by atoms with van der Waals surface area (Å²) in [6.07, 6.45) is 94.2. The average Bonchev–Trinajstić information content (AvgIpc) is 3.45. The van der Waals surface area contributed by atoms with Gasteiger partial charge in [-0.25, -0.2) is 0 Å². The Morgan fingerprint density at radius 3 is 0.848 bits per heavy atom. The number of carbonyl (C=O) groups excluding carboxylic acids is 3. The lowest BCUT2D eigenvalue weighted by Crippen LogP contribution is -2.30. The third kappa shape index (κ3) is 64.0. The first-order chi connectivity index (χ1) is 39.0. The number of unbranched alkanes of at least 4 members (excludes halogenated alkanes) is 22. The van der Waals surface area contributed by atoms with Gasteiger partial charge in [-0.15, -0.1) is 0 Å². The number of rotatable bonds is 57. The Hall–Kier alpha value is -4.71. The first kappa shape index (κ1) is 74.3. The minimum Gasteiger partial charge on any atom is -0.462 e. The van der Waals surface area contributed by atoms with Crippen molar-refractivity contribution in [3.8, 4) is 0 Å². The van der Waals surface area contributed by atoms with Crippen LogP contribution in [0.5, 0.6) is 0 Å². The molecule has 79 heavy (non-hydrogen) atoms. The van der Waals surface area contributed by atoms with Crippen molar-refractivity contribution in [1.29, 1.82) is 0 Å². The molecule has 0 aromatic carbocycles. The molecule has 0 amide bonds. The largest absolute Gasteiger partial charge is 0.462 e. The zero-order chi connectivity index (χ0) is 57.1. The van der Waals surface area contributed by atoms with Crippen molar-refractivity contribution in [2.75, 3.05) is 13.2 Å². The van der Waals surface area contributed by atoms with Crippen molar-refractivity contribution in [3.63, 3.8) is 0 Å². The highest BCUT2D eigenvalue weighted by molar-refractivity contribution is 5.71. The maximum atomic E-state index is 12.9. The fourth-order valence-corrected chi connectivity index (χ4v) is 8.47. The molecule has 0 rings (SSSR count). The lowest BCUT2D eigenvalue weighted by atomic mass is 10.1. The van der Waals surface area contributed by atoms with E-state index in [2.05, 4.69) is 167 Å². The topological polar surface area (TPSA) is 78.9 Å². The van der Waals surface area contributed by atoms with Crippen LogP contribution in [0, 0.1) is 0 Å². The summed E-state index contributed by atoms with van der Waals surface area (Å²) in [6.45, 7) is 6.44. The predicted octanol–water partition coefficient (Wildman–Crippen LogP) is 22.3. The fourth-order valence-electron chi connectivity index (χ4n) is 8.47. The minimum atomic E-state index is -0.819. The van der Waals surface area contributed by atoms with E-state index in [1.165, 1.54) is 89.9 Å². The van der Waals surface area contributed by atoms with Crippen LogP contribution in [0.4, 0.5) is 0 Å². The van der Waals surface area contributed by atoms with Gasteiger partial charge in [0.1, 0.15) is 13.2 Å². The number of allylic oxidation sites excluding steroid dienone is 24. The molecule has 0 aromatic rings. The summed E-state index contributed by atoms with van der Waals surface area (Å²) in [4.78, 5) is 38.3. The highest BCUT2D eigenvalue weighted by atomic mass is 16.6. The van der Waals surface area contributed by atoms with E-state index in [0.717, 1.165) is 141 Å². The standard InChI is InChI=1S/C73H118O6/c1-4-7-10-13-16-19-22-25-28-31-32-33-34-35-36-37-38-39-40-41-42-43-46-48-51-54-57-60-63-66-72(75)78-69-70(79-73(76)67-64-61-58-55-52-49-45-30-27-24-21-18-15-12-9-6-3)68-77-71(74)65-62-59-56-53-50-47-44-29-26-23-20-17-14-11-8-5-2/h7,10,16,19,21,24-25,28-30,32-33,35-36,38-39,41-42,44-46,48,54,57,70H,4-6,8-9,11-15,17-18,20,22-23,26-27,31,34,37,40,43,47,49-53,55-56,58-69H2,1-3H3/b10-7-,19-16-,24-21-,28-25-,33-32-,36-35-,39-38-,42-41-,44-29-,45-30-,48-46-,57-54-. The predicted molar refractivity (Wildman–Crippen MR) is 343 cm³/mol. The Balaban J connectivity index is 4.49. The van der Waals surface area contributed by atoms with E-state index in [1.54, 1.807) is 0 Å². The van der Waals surface area contributed by atoms with Crippen molar-refractivity contribution in [2.45, 2.75) is 284 Å². The Morgan fingerprint density at radius 2 is 0.506 bits per heavy atom. The molecule has 1 unspecified atom stereocenters. The molecule has 6 heteroatoms. The summed E-state index contributed by atoms with van der Waals surface area (Å²) >= 11 is 0. The lowest BCUT2D eigenvalue weighted by Gasteiger charge is -2.18. The Bertz CT molecular complexity index is 1730. The zero-order valence-corrected chi connectivity index (χ0v) is 51.1. The van der Waals surface area contributed by atoms with E-state index in [9.17, 15) is 14.4 Å². The molecule has 0 aliphatic heterocycles. The number of esters is 3. The Kier molecular flexibility index (Phi) is 61.9. The molecule has 0 radical (unpaired) electrons. The van der Waals surface area contributed by atoms with E-state index in [1.807, 2.05) is 0 Å². The molecule has 1 atom stereocenters. The summed E-state index contributed by atoms with van der Waals surface area (Å²) < 4.78 is 16.8. The Labute approximate surface area is 487 Å². The number of ether oxygens (including phenoxy) is 3. The van der Waals surface area contributed by atoms with Gasteiger partial charge in [0, 0.05) is 19.3 Å². The first-order valence-electron chi connectivity index (χ1n) is 32.3. The number of hydrogen-bond acceptors (Lipinski definition) is 6. The second-order valence-electron chi connectivity index (χ2n) is 20.9. The lowest BCUT2D eigenvalue weighted by molar-refractivity contribution is -0.167. The van der Waals surface area contributed by atoms with Crippen LogP contribution in [0.3, 0.4) is 0 Å². The molecule has 0 fully saturated rings. The molecule has 0 saturated heterocycles. The van der Waals surface area contributed by atoms with Crippen molar-refractivity contribution in [2.24, 2.45) is 0 Å². The van der Waals surface area contributed by atoms with Gasteiger partial charge >= 0.3 is 17.9 Å². The van der Waals surface area contributed by atoms with E-state index in [4.69, 9.17) is 14.2 Å². The molecule has 0 aliphatic carbocycles. The highest BCUT2D eigenvalue weighted by Crippen LogP contribution is 2.14. The smallest absolute Gasteiger partial charge is 0.306 e. The van der Waals surface area contributed by atoms with Gasteiger partial charge in [-0.05, 0) is 141 Å². The molecule has 446 valence electrons. The average molecular weight is 1090 g/mol. The molecule has 0 aromatic heterocycles. The summed E-state index contributed by atoms with van der Waals surface area (Å²) in [5, 5.41) is 0. The number of hydrogen-bond donors (Lipinski definition) is 0. The third-order valence-electron chi connectivity index (χ3n) is 13.3. The molecular weight excluding hydrogens is 973 g/mol. The third-order valence-corrected chi connectivity index (χ3v) is 13.3.